The topological polar surface area (TPSA) is 104 Å². The Labute approximate surface area is 150 Å². The molecule has 0 bridgehead atoms. The lowest BCUT2D eigenvalue weighted by atomic mass is 10.1. The zero-order valence-corrected chi connectivity index (χ0v) is 13.6. The number of alkyl halides is 3. The highest BCUT2D eigenvalue weighted by Crippen LogP contribution is 2.37. The molecule has 0 aliphatic carbocycles. The lowest BCUT2D eigenvalue weighted by Crippen LogP contribution is -2.51. The van der Waals surface area contributed by atoms with Crippen LogP contribution in [0.2, 0.25) is 0 Å². The van der Waals surface area contributed by atoms with Crippen LogP contribution in [0.3, 0.4) is 0 Å². The maximum Gasteiger partial charge on any atom is 0.409 e. The fourth-order valence-electron chi connectivity index (χ4n) is 2.64. The molecule has 2 aromatic rings. The van der Waals surface area contributed by atoms with Gasteiger partial charge in [0.25, 0.3) is 5.91 Å². The first-order valence-electron chi connectivity index (χ1n) is 7.71. The number of rotatable bonds is 3. The summed E-state index contributed by atoms with van der Waals surface area (Å²) in [5, 5.41) is 8.20. The van der Waals surface area contributed by atoms with Crippen LogP contribution in [0.5, 0.6) is 0 Å². The van der Waals surface area contributed by atoms with Crippen molar-refractivity contribution in [3.63, 3.8) is 0 Å². The number of fused-ring (bicyclic) bond motifs is 1. The minimum absolute atomic E-state index is 0.0525. The SMILES string of the molecule is O=C1CC(C(F)(F)F)N(C(=O)COC(=O)c2ccn[nH]2)c2ccccc2N1. The fourth-order valence-corrected chi connectivity index (χ4v) is 2.64. The van der Waals surface area contributed by atoms with Gasteiger partial charge in [-0.15, -0.1) is 0 Å². The molecular weight excluding hydrogens is 369 g/mol. The number of ether oxygens (including phenoxy) is 1. The number of carbonyl (C=O) groups excluding carboxylic acids is 3. The van der Waals surface area contributed by atoms with Gasteiger partial charge >= 0.3 is 12.1 Å². The van der Waals surface area contributed by atoms with Gasteiger partial charge in [0.2, 0.25) is 5.91 Å². The molecule has 1 aromatic heterocycles. The van der Waals surface area contributed by atoms with E-state index in [9.17, 15) is 27.6 Å². The molecule has 2 amide bonds. The van der Waals surface area contributed by atoms with Gasteiger partial charge < -0.3 is 10.1 Å². The van der Waals surface area contributed by atoms with E-state index in [0.29, 0.717) is 4.90 Å². The summed E-state index contributed by atoms with van der Waals surface area (Å²) in [5.74, 6) is -2.94. The van der Waals surface area contributed by atoms with Gasteiger partial charge in [-0.3, -0.25) is 19.6 Å². The van der Waals surface area contributed by atoms with Crippen molar-refractivity contribution < 1.29 is 32.3 Å². The first-order valence-corrected chi connectivity index (χ1v) is 7.71. The number of H-pyrrole nitrogens is 1. The highest BCUT2D eigenvalue weighted by atomic mass is 19.4. The number of carbonyl (C=O) groups is 3. The number of nitrogens with one attached hydrogen (secondary N) is 2. The summed E-state index contributed by atoms with van der Waals surface area (Å²) >= 11 is 0. The number of hydrogen-bond acceptors (Lipinski definition) is 5. The minimum Gasteiger partial charge on any atom is -0.451 e. The smallest absolute Gasteiger partial charge is 0.409 e. The van der Waals surface area contributed by atoms with Crippen LogP contribution in [0, 0.1) is 0 Å². The van der Waals surface area contributed by atoms with E-state index in [-0.39, 0.29) is 17.1 Å². The van der Waals surface area contributed by atoms with Gasteiger partial charge in [0.05, 0.1) is 17.8 Å². The van der Waals surface area contributed by atoms with Crippen LogP contribution in [0.25, 0.3) is 0 Å². The highest BCUT2D eigenvalue weighted by molar-refractivity contribution is 6.05. The Kier molecular flexibility index (Phi) is 4.84. The maximum atomic E-state index is 13.5. The van der Waals surface area contributed by atoms with E-state index in [2.05, 4.69) is 15.5 Å². The monoisotopic (exact) mass is 382 g/mol. The second-order valence-corrected chi connectivity index (χ2v) is 5.64. The van der Waals surface area contributed by atoms with Crippen molar-refractivity contribution in [2.75, 3.05) is 16.8 Å². The molecule has 2 heterocycles. The number of amides is 2. The summed E-state index contributed by atoms with van der Waals surface area (Å²) in [5.41, 5.74) is -0.126. The summed E-state index contributed by atoms with van der Waals surface area (Å²) in [6, 6.07) is 4.49. The molecule has 1 unspecified atom stereocenters. The van der Waals surface area contributed by atoms with Crippen molar-refractivity contribution in [2.24, 2.45) is 0 Å². The number of halogens is 3. The molecule has 0 saturated carbocycles. The predicted molar refractivity (Wildman–Crippen MR) is 85.9 cm³/mol. The number of benzene rings is 1. The Balaban J connectivity index is 1.89. The number of aromatic nitrogens is 2. The molecule has 1 aliphatic rings. The molecule has 0 spiro atoms. The second-order valence-electron chi connectivity index (χ2n) is 5.64. The van der Waals surface area contributed by atoms with E-state index >= 15 is 0 Å². The van der Waals surface area contributed by atoms with Gasteiger partial charge in [-0.05, 0) is 18.2 Å². The van der Waals surface area contributed by atoms with E-state index in [4.69, 9.17) is 4.74 Å². The maximum absolute atomic E-state index is 13.5. The molecule has 1 aromatic carbocycles. The van der Waals surface area contributed by atoms with Crippen LogP contribution >= 0.6 is 0 Å². The van der Waals surface area contributed by atoms with E-state index < -0.39 is 43.0 Å². The normalized spacial score (nSPS) is 16.9. The molecule has 27 heavy (non-hydrogen) atoms. The number of hydrogen-bond donors (Lipinski definition) is 2. The average molecular weight is 382 g/mol. The molecule has 11 heteroatoms. The zero-order valence-electron chi connectivity index (χ0n) is 13.6. The minimum atomic E-state index is -4.86. The van der Waals surface area contributed by atoms with Gasteiger partial charge in [-0.25, -0.2) is 4.79 Å². The van der Waals surface area contributed by atoms with Crippen LogP contribution < -0.4 is 10.2 Å². The van der Waals surface area contributed by atoms with Crippen molar-refractivity contribution >= 4 is 29.2 Å². The molecule has 8 nitrogen and oxygen atoms in total. The van der Waals surface area contributed by atoms with Crippen LogP contribution in [-0.4, -0.2) is 46.8 Å². The van der Waals surface area contributed by atoms with Gasteiger partial charge in [0.1, 0.15) is 11.7 Å². The van der Waals surface area contributed by atoms with Gasteiger partial charge in [0, 0.05) is 6.20 Å². The Hall–Kier alpha value is -3.37. The highest BCUT2D eigenvalue weighted by Gasteiger charge is 2.49. The molecule has 1 aliphatic heterocycles. The molecule has 0 radical (unpaired) electrons. The van der Waals surface area contributed by atoms with Crippen molar-refractivity contribution in [3.8, 4) is 0 Å². The standard InChI is InChI=1S/C16H13F3N4O4/c17-16(18,19)12-7-13(24)21-9-3-1-2-4-11(9)23(12)14(25)8-27-15(26)10-5-6-20-22-10/h1-6,12H,7-8H2,(H,20,22)(H,21,24). The quantitative estimate of drug-likeness (QED) is 0.789. The van der Waals surface area contributed by atoms with Crippen LogP contribution in [0.4, 0.5) is 24.5 Å². The Morgan fingerprint density at radius 1 is 1.26 bits per heavy atom. The first-order chi connectivity index (χ1) is 12.8. The third-order valence-corrected chi connectivity index (χ3v) is 3.82. The Bertz CT molecular complexity index is 867. The van der Waals surface area contributed by atoms with Gasteiger partial charge in [0.15, 0.2) is 6.61 Å². The lowest BCUT2D eigenvalue weighted by Gasteiger charge is -2.31. The van der Waals surface area contributed by atoms with E-state index in [0.717, 1.165) is 0 Å². The summed E-state index contributed by atoms with van der Waals surface area (Å²) < 4.78 is 45.4. The molecule has 1 atom stereocenters. The summed E-state index contributed by atoms with van der Waals surface area (Å²) in [6.07, 6.45) is -4.56. The number of nitrogens with zero attached hydrogens (tertiary/aromatic N) is 2. The van der Waals surface area contributed by atoms with Crippen molar-refractivity contribution in [3.05, 3.63) is 42.2 Å². The van der Waals surface area contributed by atoms with Crippen molar-refractivity contribution in [2.45, 2.75) is 18.6 Å². The first kappa shape index (κ1) is 18.4. The number of aromatic amines is 1. The molecular formula is C16H13F3N4O4. The van der Waals surface area contributed by atoms with Crippen molar-refractivity contribution in [1.82, 2.24) is 10.2 Å². The van der Waals surface area contributed by atoms with Gasteiger partial charge in [-0.2, -0.15) is 18.3 Å². The molecule has 142 valence electrons. The molecule has 2 N–H and O–H groups in total. The Morgan fingerprint density at radius 3 is 2.67 bits per heavy atom. The molecule has 0 saturated heterocycles. The molecule has 3 rings (SSSR count). The Morgan fingerprint density at radius 2 is 2.00 bits per heavy atom. The van der Waals surface area contributed by atoms with E-state index in [1.54, 1.807) is 0 Å². The largest absolute Gasteiger partial charge is 0.451 e. The average Bonchev–Trinajstić information content (AvgIpc) is 3.09. The summed E-state index contributed by atoms with van der Waals surface area (Å²) in [4.78, 5) is 36.6. The predicted octanol–water partition coefficient (Wildman–Crippen LogP) is 1.87. The fraction of sp³-hybridized carbons (Fsp3) is 0.250. The van der Waals surface area contributed by atoms with Crippen LogP contribution in [0.15, 0.2) is 36.5 Å². The lowest BCUT2D eigenvalue weighted by molar-refractivity contribution is -0.158. The third-order valence-electron chi connectivity index (χ3n) is 3.82. The van der Waals surface area contributed by atoms with Gasteiger partial charge in [-0.1, -0.05) is 12.1 Å². The van der Waals surface area contributed by atoms with E-state index in [1.807, 2.05) is 0 Å². The zero-order chi connectivity index (χ0) is 19.6. The number of para-hydroxylation sites is 2. The second kappa shape index (κ2) is 7.09. The number of anilines is 2. The number of esters is 1. The summed E-state index contributed by atoms with van der Waals surface area (Å²) in [7, 11) is 0. The van der Waals surface area contributed by atoms with E-state index in [1.165, 1.54) is 36.5 Å². The third kappa shape index (κ3) is 3.91. The molecule has 0 fully saturated rings. The van der Waals surface area contributed by atoms with Crippen molar-refractivity contribution in [1.29, 1.82) is 0 Å². The summed E-state index contributed by atoms with van der Waals surface area (Å²) in [6.45, 7) is -0.938. The van der Waals surface area contributed by atoms with Crippen LogP contribution in [-0.2, 0) is 14.3 Å². The van der Waals surface area contributed by atoms with Crippen LogP contribution in [0.1, 0.15) is 16.9 Å².